The summed E-state index contributed by atoms with van der Waals surface area (Å²) in [6.45, 7) is 2.94. The van der Waals surface area contributed by atoms with Gasteiger partial charge in [0, 0.05) is 20.2 Å². The van der Waals surface area contributed by atoms with Gasteiger partial charge in [-0.1, -0.05) is 0 Å². The molecule has 1 fully saturated rings. The van der Waals surface area contributed by atoms with Crippen molar-refractivity contribution in [2.45, 2.75) is 19.1 Å². The van der Waals surface area contributed by atoms with Crippen molar-refractivity contribution in [3.05, 3.63) is 21.9 Å². The molecule has 2 atom stereocenters. The number of amides is 1. The van der Waals surface area contributed by atoms with E-state index in [1.165, 1.54) is 18.3 Å². The number of thiophene rings is 1. The van der Waals surface area contributed by atoms with Gasteiger partial charge in [0.2, 0.25) is 0 Å². The van der Waals surface area contributed by atoms with Gasteiger partial charge in [-0.25, -0.2) is 0 Å². The zero-order chi connectivity index (χ0) is 13.1. The van der Waals surface area contributed by atoms with Crippen LogP contribution in [-0.2, 0) is 4.74 Å². The van der Waals surface area contributed by atoms with Crippen molar-refractivity contribution in [2.24, 2.45) is 0 Å². The molecule has 1 saturated heterocycles. The van der Waals surface area contributed by atoms with Gasteiger partial charge in [0.1, 0.15) is 0 Å². The van der Waals surface area contributed by atoms with Gasteiger partial charge in [-0.15, -0.1) is 11.3 Å². The minimum atomic E-state index is -0.150. The van der Waals surface area contributed by atoms with Crippen molar-refractivity contribution < 1.29 is 14.3 Å². The van der Waals surface area contributed by atoms with Crippen LogP contribution in [0.3, 0.4) is 0 Å². The summed E-state index contributed by atoms with van der Waals surface area (Å²) >= 11 is 1.22. The van der Waals surface area contributed by atoms with Crippen LogP contribution in [0.25, 0.3) is 0 Å². The molecule has 2 unspecified atom stereocenters. The molecule has 6 heteroatoms. The maximum absolute atomic E-state index is 12.0. The second-order valence-electron chi connectivity index (χ2n) is 4.23. The molecule has 0 bridgehead atoms. The SMILES string of the molecule is COC1CNCC1NC(=O)c1ccc(C(C)=O)s1. The summed E-state index contributed by atoms with van der Waals surface area (Å²) in [6, 6.07) is 3.34. The predicted octanol–water partition coefficient (Wildman–Crippen LogP) is 0.667. The number of nitrogens with one attached hydrogen (secondary N) is 2. The predicted molar refractivity (Wildman–Crippen MR) is 69.2 cm³/mol. The van der Waals surface area contributed by atoms with Gasteiger partial charge in [-0.05, 0) is 19.1 Å². The molecule has 1 aromatic rings. The quantitative estimate of drug-likeness (QED) is 0.788. The molecule has 0 aliphatic carbocycles. The Kier molecular flexibility index (Phi) is 4.11. The molecule has 0 saturated carbocycles. The van der Waals surface area contributed by atoms with Crippen LogP contribution in [0.1, 0.15) is 26.3 Å². The van der Waals surface area contributed by atoms with Crippen LogP contribution in [0.15, 0.2) is 12.1 Å². The number of hydrogen-bond donors (Lipinski definition) is 2. The maximum Gasteiger partial charge on any atom is 0.261 e. The summed E-state index contributed by atoms with van der Waals surface area (Å²) in [6.07, 6.45) is 0.00110. The molecule has 5 nitrogen and oxygen atoms in total. The third-order valence-electron chi connectivity index (χ3n) is 2.95. The zero-order valence-electron chi connectivity index (χ0n) is 10.4. The second-order valence-corrected chi connectivity index (χ2v) is 5.32. The number of methoxy groups -OCH3 is 1. The lowest BCUT2D eigenvalue weighted by Crippen LogP contribution is -2.43. The van der Waals surface area contributed by atoms with Gasteiger partial charge in [0.15, 0.2) is 5.78 Å². The van der Waals surface area contributed by atoms with E-state index < -0.39 is 0 Å². The number of carbonyl (C=O) groups is 2. The average Bonchev–Trinajstić information content (AvgIpc) is 2.96. The highest BCUT2D eigenvalue weighted by Crippen LogP contribution is 2.17. The number of hydrogen-bond acceptors (Lipinski definition) is 5. The van der Waals surface area contributed by atoms with E-state index in [0.29, 0.717) is 16.3 Å². The largest absolute Gasteiger partial charge is 0.378 e. The Morgan fingerprint density at radius 1 is 1.39 bits per heavy atom. The Bertz CT molecular complexity index is 458. The first-order chi connectivity index (χ1) is 8.61. The smallest absolute Gasteiger partial charge is 0.261 e. The van der Waals surface area contributed by atoms with Crippen LogP contribution in [0, 0.1) is 0 Å². The summed E-state index contributed by atoms with van der Waals surface area (Å²) < 4.78 is 5.28. The van der Waals surface area contributed by atoms with Crippen LogP contribution in [0.2, 0.25) is 0 Å². The van der Waals surface area contributed by atoms with Crippen LogP contribution < -0.4 is 10.6 Å². The van der Waals surface area contributed by atoms with Crippen LogP contribution >= 0.6 is 11.3 Å². The Morgan fingerprint density at radius 2 is 2.11 bits per heavy atom. The standard InChI is InChI=1S/C12H16N2O3S/c1-7(15)10-3-4-11(18-10)12(16)14-8-5-13-6-9(8)17-2/h3-4,8-9,13H,5-6H2,1-2H3,(H,14,16). The molecule has 1 aliphatic heterocycles. The highest BCUT2D eigenvalue weighted by Gasteiger charge is 2.28. The average molecular weight is 268 g/mol. The van der Waals surface area contributed by atoms with Crippen molar-refractivity contribution >= 4 is 23.0 Å². The van der Waals surface area contributed by atoms with Crippen molar-refractivity contribution in [1.29, 1.82) is 0 Å². The molecule has 1 aromatic heterocycles. The van der Waals surface area contributed by atoms with E-state index in [9.17, 15) is 9.59 Å². The van der Waals surface area contributed by atoms with E-state index in [1.807, 2.05) is 0 Å². The number of Topliss-reactive ketones (excluding diaryl/α,β-unsaturated/α-hetero) is 1. The van der Waals surface area contributed by atoms with Crippen LogP contribution in [-0.4, -0.2) is 44.0 Å². The first-order valence-corrected chi connectivity index (χ1v) is 6.58. The summed E-state index contributed by atoms with van der Waals surface area (Å²) in [7, 11) is 1.63. The zero-order valence-corrected chi connectivity index (χ0v) is 11.2. The number of ether oxygens (including phenoxy) is 1. The molecule has 0 spiro atoms. The van der Waals surface area contributed by atoms with Crippen LogP contribution in [0.4, 0.5) is 0 Å². The normalized spacial score (nSPS) is 23.0. The van der Waals surface area contributed by atoms with Gasteiger partial charge < -0.3 is 15.4 Å². The Labute approximate surface area is 110 Å². The van der Waals surface area contributed by atoms with Gasteiger partial charge in [0.25, 0.3) is 5.91 Å². The highest BCUT2D eigenvalue weighted by atomic mass is 32.1. The fourth-order valence-corrected chi connectivity index (χ4v) is 2.74. The Balaban J connectivity index is 2.00. The van der Waals surface area contributed by atoms with Gasteiger partial charge in [0.05, 0.1) is 21.9 Å². The lowest BCUT2D eigenvalue weighted by molar-refractivity contribution is 0.0782. The van der Waals surface area contributed by atoms with Crippen molar-refractivity contribution in [3.63, 3.8) is 0 Å². The minimum Gasteiger partial charge on any atom is -0.378 e. The second kappa shape index (κ2) is 5.60. The van der Waals surface area contributed by atoms with Crippen molar-refractivity contribution in [2.75, 3.05) is 20.2 Å². The summed E-state index contributed by atoms with van der Waals surface area (Å²) in [5, 5.41) is 6.08. The van der Waals surface area contributed by atoms with E-state index in [4.69, 9.17) is 4.74 Å². The molecule has 2 heterocycles. The number of carbonyl (C=O) groups excluding carboxylic acids is 2. The van der Waals surface area contributed by atoms with E-state index >= 15 is 0 Å². The molecule has 1 amide bonds. The Hall–Kier alpha value is -1.24. The molecule has 1 aliphatic rings. The summed E-state index contributed by atoms with van der Waals surface area (Å²) in [5.41, 5.74) is 0. The summed E-state index contributed by atoms with van der Waals surface area (Å²) in [4.78, 5) is 24.3. The summed E-state index contributed by atoms with van der Waals surface area (Å²) in [5.74, 6) is -0.167. The third-order valence-corrected chi connectivity index (χ3v) is 4.14. The molecule has 18 heavy (non-hydrogen) atoms. The number of ketones is 1. The van der Waals surface area contributed by atoms with Crippen molar-refractivity contribution in [1.82, 2.24) is 10.6 Å². The monoisotopic (exact) mass is 268 g/mol. The lowest BCUT2D eigenvalue weighted by atomic mass is 10.2. The highest BCUT2D eigenvalue weighted by molar-refractivity contribution is 7.15. The topological polar surface area (TPSA) is 67.4 Å². The maximum atomic E-state index is 12.0. The molecule has 98 valence electrons. The molecule has 0 radical (unpaired) electrons. The Morgan fingerprint density at radius 3 is 2.72 bits per heavy atom. The molecule has 0 aromatic carbocycles. The van der Waals surface area contributed by atoms with Gasteiger partial charge in [-0.3, -0.25) is 9.59 Å². The van der Waals surface area contributed by atoms with E-state index in [1.54, 1.807) is 19.2 Å². The first kappa shape index (κ1) is 13.2. The van der Waals surface area contributed by atoms with E-state index in [-0.39, 0.29) is 23.8 Å². The molecular weight excluding hydrogens is 252 g/mol. The van der Waals surface area contributed by atoms with Crippen molar-refractivity contribution in [3.8, 4) is 0 Å². The van der Waals surface area contributed by atoms with E-state index in [0.717, 1.165) is 6.54 Å². The van der Waals surface area contributed by atoms with Gasteiger partial charge in [-0.2, -0.15) is 0 Å². The molecule has 2 N–H and O–H groups in total. The first-order valence-electron chi connectivity index (χ1n) is 5.77. The van der Waals surface area contributed by atoms with Gasteiger partial charge >= 0.3 is 0 Å². The minimum absolute atomic E-state index is 0.00110. The molecular formula is C12H16N2O3S. The molecule has 2 rings (SSSR count). The fourth-order valence-electron chi connectivity index (χ4n) is 1.94. The fraction of sp³-hybridized carbons (Fsp3) is 0.500. The van der Waals surface area contributed by atoms with Crippen LogP contribution in [0.5, 0.6) is 0 Å². The lowest BCUT2D eigenvalue weighted by Gasteiger charge is -2.17. The third kappa shape index (κ3) is 2.77. The van der Waals surface area contributed by atoms with E-state index in [2.05, 4.69) is 10.6 Å². The number of rotatable bonds is 4.